The second-order valence-electron chi connectivity index (χ2n) is 7.40. The average Bonchev–Trinajstić information content (AvgIpc) is 2.78. The lowest BCUT2D eigenvalue weighted by Gasteiger charge is -2.31. The fraction of sp³-hybridized carbons (Fsp3) is 0.455. The topological polar surface area (TPSA) is 54.9 Å². The number of fused-ring (bicyclic) bond motifs is 1. The number of nitrogens with zero attached hydrogens (tertiary/aromatic N) is 3. The Hall–Kier alpha value is -2.76. The van der Waals surface area contributed by atoms with Gasteiger partial charge in [0.15, 0.2) is 11.5 Å². The van der Waals surface area contributed by atoms with E-state index in [1.54, 1.807) is 14.2 Å². The van der Waals surface area contributed by atoms with E-state index in [0.717, 1.165) is 62.6 Å². The smallest absolute Gasteiger partial charge is 0.272 e. The van der Waals surface area contributed by atoms with E-state index in [2.05, 4.69) is 22.0 Å². The number of amides is 1. The fourth-order valence-corrected chi connectivity index (χ4v) is 4.06. The van der Waals surface area contributed by atoms with Crippen LogP contribution in [0.1, 0.15) is 40.9 Å². The van der Waals surface area contributed by atoms with E-state index in [4.69, 9.17) is 9.47 Å². The average molecular weight is 381 g/mol. The molecular weight excluding hydrogens is 354 g/mol. The normalized spacial score (nSPS) is 16.5. The van der Waals surface area contributed by atoms with Gasteiger partial charge < -0.3 is 19.3 Å². The number of rotatable bonds is 4. The molecule has 1 amide bonds. The molecule has 2 aromatic rings. The summed E-state index contributed by atoms with van der Waals surface area (Å²) in [5.41, 5.74) is 4.10. The van der Waals surface area contributed by atoms with E-state index in [1.165, 1.54) is 17.5 Å². The number of aromatic nitrogens is 1. The lowest BCUT2D eigenvalue weighted by molar-refractivity contribution is 0.0718. The van der Waals surface area contributed by atoms with E-state index in [1.807, 2.05) is 23.2 Å². The largest absolute Gasteiger partial charge is 0.493 e. The molecule has 28 heavy (non-hydrogen) atoms. The summed E-state index contributed by atoms with van der Waals surface area (Å²) in [6, 6.07) is 8.00. The molecule has 1 fully saturated rings. The Labute approximate surface area is 166 Å². The molecule has 0 atom stereocenters. The number of hydrogen-bond donors (Lipinski definition) is 0. The molecule has 4 rings (SSSR count). The van der Waals surface area contributed by atoms with Crippen LogP contribution in [0.3, 0.4) is 0 Å². The molecule has 1 aromatic carbocycles. The summed E-state index contributed by atoms with van der Waals surface area (Å²) in [4.78, 5) is 21.3. The zero-order valence-electron chi connectivity index (χ0n) is 16.6. The minimum absolute atomic E-state index is 0.0482. The van der Waals surface area contributed by atoms with Crippen molar-refractivity contribution in [2.45, 2.75) is 32.2 Å². The number of hydrogen-bond acceptors (Lipinski definition) is 5. The van der Waals surface area contributed by atoms with E-state index in [0.29, 0.717) is 5.69 Å². The van der Waals surface area contributed by atoms with Crippen molar-refractivity contribution in [1.82, 2.24) is 9.88 Å². The summed E-state index contributed by atoms with van der Waals surface area (Å²) < 4.78 is 10.9. The first kappa shape index (κ1) is 18.6. The molecule has 2 aliphatic rings. The first-order chi connectivity index (χ1) is 13.7. The lowest BCUT2D eigenvalue weighted by Crippen LogP contribution is -2.36. The summed E-state index contributed by atoms with van der Waals surface area (Å²) >= 11 is 0. The Morgan fingerprint density at radius 2 is 1.68 bits per heavy atom. The Morgan fingerprint density at radius 3 is 2.32 bits per heavy atom. The van der Waals surface area contributed by atoms with Crippen molar-refractivity contribution in [2.75, 3.05) is 38.8 Å². The molecule has 0 unspecified atom stereocenters. The van der Waals surface area contributed by atoms with Crippen molar-refractivity contribution < 1.29 is 14.3 Å². The molecule has 6 heteroatoms. The van der Waals surface area contributed by atoms with Crippen LogP contribution in [0.5, 0.6) is 11.5 Å². The van der Waals surface area contributed by atoms with Gasteiger partial charge in [-0.1, -0.05) is 0 Å². The van der Waals surface area contributed by atoms with Crippen molar-refractivity contribution >= 4 is 11.6 Å². The minimum Gasteiger partial charge on any atom is -0.493 e. The molecule has 2 aliphatic heterocycles. The SMILES string of the molecule is COc1cc2c(cc1OC)CN(c1ccc(C(=O)N3CCCCC3)nc1)CC2. The van der Waals surface area contributed by atoms with Crippen LogP contribution in [0.25, 0.3) is 0 Å². The molecule has 0 aliphatic carbocycles. The van der Waals surface area contributed by atoms with E-state index in [9.17, 15) is 4.79 Å². The first-order valence-electron chi connectivity index (χ1n) is 9.93. The van der Waals surface area contributed by atoms with Gasteiger partial charge in [0.25, 0.3) is 5.91 Å². The third-order valence-corrected chi connectivity index (χ3v) is 5.69. The highest BCUT2D eigenvalue weighted by molar-refractivity contribution is 5.92. The maximum atomic E-state index is 12.6. The number of likely N-dealkylation sites (tertiary alicyclic amines) is 1. The van der Waals surface area contributed by atoms with Crippen LogP contribution in [0, 0.1) is 0 Å². The molecule has 0 radical (unpaired) electrons. The summed E-state index contributed by atoms with van der Waals surface area (Å²) in [5, 5.41) is 0. The van der Waals surface area contributed by atoms with Gasteiger partial charge in [-0.05, 0) is 61.1 Å². The van der Waals surface area contributed by atoms with Crippen LogP contribution in [-0.2, 0) is 13.0 Å². The van der Waals surface area contributed by atoms with Crippen LogP contribution in [-0.4, -0.2) is 49.6 Å². The zero-order chi connectivity index (χ0) is 19.5. The van der Waals surface area contributed by atoms with Gasteiger partial charge in [-0.2, -0.15) is 0 Å². The van der Waals surface area contributed by atoms with Gasteiger partial charge in [0, 0.05) is 26.2 Å². The maximum absolute atomic E-state index is 12.6. The van der Waals surface area contributed by atoms with Gasteiger partial charge in [-0.3, -0.25) is 4.79 Å². The lowest BCUT2D eigenvalue weighted by atomic mass is 9.98. The Bertz CT molecular complexity index is 845. The third-order valence-electron chi connectivity index (χ3n) is 5.69. The summed E-state index contributed by atoms with van der Waals surface area (Å²) in [7, 11) is 3.32. The predicted molar refractivity (Wildman–Crippen MR) is 108 cm³/mol. The fourth-order valence-electron chi connectivity index (χ4n) is 4.06. The number of carbonyl (C=O) groups is 1. The first-order valence-corrected chi connectivity index (χ1v) is 9.93. The van der Waals surface area contributed by atoms with Gasteiger partial charge in [0.05, 0.1) is 26.1 Å². The van der Waals surface area contributed by atoms with Crippen LogP contribution in [0.15, 0.2) is 30.5 Å². The molecular formula is C22H27N3O3. The highest BCUT2D eigenvalue weighted by atomic mass is 16.5. The number of piperidine rings is 1. The van der Waals surface area contributed by atoms with Gasteiger partial charge >= 0.3 is 0 Å². The molecule has 0 spiro atoms. The quantitative estimate of drug-likeness (QED) is 0.813. The standard InChI is InChI=1S/C22H27N3O3/c1-27-20-12-16-8-11-25(15-17(16)13-21(20)28-2)18-6-7-19(23-14-18)22(26)24-9-4-3-5-10-24/h6-7,12-14H,3-5,8-11,15H2,1-2H3. The zero-order valence-corrected chi connectivity index (χ0v) is 16.6. The number of benzene rings is 1. The molecule has 1 aromatic heterocycles. The number of carbonyl (C=O) groups excluding carboxylic acids is 1. The van der Waals surface area contributed by atoms with E-state index >= 15 is 0 Å². The summed E-state index contributed by atoms with van der Waals surface area (Å²) in [6.45, 7) is 3.38. The molecule has 6 nitrogen and oxygen atoms in total. The van der Waals surface area contributed by atoms with Crippen molar-refractivity contribution in [3.05, 3.63) is 47.3 Å². The predicted octanol–water partition coefficient (Wildman–Crippen LogP) is 3.29. The van der Waals surface area contributed by atoms with E-state index < -0.39 is 0 Å². The van der Waals surface area contributed by atoms with Crippen LogP contribution < -0.4 is 14.4 Å². The second-order valence-corrected chi connectivity index (χ2v) is 7.40. The van der Waals surface area contributed by atoms with Gasteiger partial charge in [0.2, 0.25) is 0 Å². The van der Waals surface area contributed by atoms with Crippen LogP contribution >= 0.6 is 0 Å². The maximum Gasteiger partial charge on any atom is 0.272 e. The van der Waals surface area contributed by atoms with Crippen LogP contribution in [0.2, 0.25) is 0 Å². The van der Waals surface area contributed by atoms with Gasteiger partial charge in [0.1, 0.15) is 5.69 Å². The van der Waals surface area contributed by atoms with E-state index in [-0.39, 0.29) is 5.91 Å². The molecule has 0 bridgehead atoms. The summed E-state index contributed by atoms with van der Waals surface area (Å²) in [5.74, 6) is 1.58. The minimum atomic E-state index is 0.0482. The Balaban J connectivity index is 1.49. The Kier molecular flexibility index (Phi) is 5.37. The molecule has 1 saturated heterocycles. The number of ether oxygens (including phenoxy) is 2. The van der Waals surface area contributed by atoms with Crippen molar-refractivity contribution in [3.63, 3.8) is 0 Å². The third kappa shape index (κ3) is 3.63. The highest BCUT2D eigenvalue weighted by Gasteiger charge is 2.22. The molecule has 148 valence electrons. The number of pyridine rings is 1. The molecule has 0 N–H and O–H groups in total. The van der Waals surface area contributed by atoms with Crippen molar-refractivity contribution in [3.8, 4) is 11.5 Å². The monoisotopic (exact) mass is 381 g/mol. The number of anilines is 1. The van der Waals surface area contributed by atoms with Crippen molar-refractivity contribution in [1.29, 1.82) is 0 Å². The molecule has 0 saturated carbocycles. The Morgan fingerprint density at radius 1 is 0.964 bits per heavy atom. The highest BCUT2D eigenvalue weighted by Crippen LogP contribution is 2.34. The van der Waals surface area contributed by atoms with Gasteiger partial charge in [-0.25, -0.2) is 4.98 Å². The molecule has 3 heterocycles. The summed E-state index contributed by atoms with van der Waals surface area (Å²) in [6.07, 6.45) is 6.15. The number of methoxy groups -OCH3 is 2. The van der Waals surface area contributed by atoms with Gasteiger partial charge in [-0.15, -0.1) is 0 Å². The van der Waals surface area contributed by atoms with Crippen molar-refractivity contribution in [2.24, 2.45) is 0 Å². The second kappa shape index (κ2) is 8.09. The van der Waals surface area contributed by atoms with Crippen LogP contribution in [0.4, 0.5) is 5.69 Å².